The summed E-state index contributed by atoms with van der Waals surface area (Å²) in [4.78, 5) is 22.8. The van der Waals surface area contributed by atoms with Crippen LogP contribution in [0.15, 0.2) is 30.3 Å². The van der Waals surface area contributed by atoms with Gasteiger partial charge in [-0.25, -0.2) is 9.59 Å². The highest BCUT2D eigenvalue weighted by Gasteiger charge is 2.32. The van der Waals surface area contributed by atoms with Crippen LogP contribution >= 0.6 is 0 Å². The van der Waals surface area contributed by atoms with E-state index >= 15 is 0 Å². The van der Waals surface area contributed by atoms with Gasteiger partial charge in [-0.05, 0) is 17.4 Å². The van der Waals surface area contributed by atoms with Gasteiger partial charge in [0, 0.05) is 6.54 Å². The normalized spacial score (nSPS) is 12.6. The first-order valence-corrected chi connectivity index (χ1v) is 6.62. The predicted molar refractivity (Wildman–Crippen MR) is 77.6 cm³/mol. The Bertz CT molecular complexity index is 452. The van der Waals surface area contributed by atoms with Crippen molar-refractivity contribution in [2.24, 2.45) is 5.41 Å². The van der Waals surface area contributed by atoms with E-state index in [0.29, 0.717) is 13.0 Å². The first kappa shape index (κ1) is 16.0. The van der Waals surface area contributed by atoms with Crippen molar-refractivity contribution in [3.63, 3.8) is 0 Å². The maximum atomic E-state index is 11.7. The van der Waals surface area contributed by atoms with Gasteiger partial charge in [-0.2, -0.15) is 0 Å². The molecule has 1 atom stereocenters. The van der Waals surface area contributed by atoms with Crippen molar-refractivity contribution < 1.29 is 14.7 Å². The molecule has 0 saturated carbocycles. The zero-order valence-electron chi connectivity index (χ0n) is 12.1. The van der Waals surface area contributed by atoms with Crippen LogP contribution in [0.1, 0.15) is 26.3 Å². The van der Waals surface area contributed by atoms with Gasteiger partial charge < -0.3 is 15.7 Å². The number of nitrogens with one attached hydrogen (secondary N) is 2. The van der Waals surface area contributed by atoms with Crippen LogP contribution in [0.25, 0.3) is 0 Å². The summed E-state index contributed by atoms with van der Waals surface area (Å²) in [6.45, 7) is 5.79. The van der Waals surface area contributed by atoms with Crippen molar-refractivity contribution in [1.29, 1.82) is 0 Å². The van der Waals surface area contributed by atoms with Gasteiger partial charge in [0.05, 0.1) is 0 Å². The molecule has 5 nitrogen and oxygen atoms in total. The molecule has 0 aliphatic carbocycles. The number of rotatable bonds is 5. The van der Waals surface area contributed by atoms with Gasteiger partial charge in [0.2, 0.25) is 0 Å². The van der Waals surface area contributed by atoms with Gasteiger partial charge in [0.15, 0.2) is 0 Å². The van der Waals surface area contributed by atoms with Crippen LogP contribution in [-0.4, -0.2) is 29.7 Å². The molecule has 1 aromatic rings. The second-order valence-corrected chi connectivity index (χ2v) is 5.77. The Balaban J connectivity index is 2.41. The first-order chi connectivity index (χ1) is 9.30. The SMILES string of the molecule is CC(C)(C)[C@@H](NC(=O)NCCc1ccccc1)C(=O)O. The maximum Gasteiger partial charge on any atom is 0.326 e. The fraction of sp³-hybridized carbons (Fsp3) is 0.467. The number of benzene rings is 1. The number of carbonyl (C=O) groups excluding carboxylic acids is 1. The summed E-state index contributed by atoms with van der Waals surface area (Å²) in [6, 6.07) is 8.40. The van der Waals surface area contributed by atoms with Crippen LogP contribution in [-0.2, 0) is 11.2 Å². The highest BCUT2D eigenvalue weighted by Crippen LogP contribution is 2.19. The molecule has 0 aliphatic rings. The summed E-state index contributed by atoms with van der Waals surface area (Å²) in [5, 5.41) is 14.3. The van der Waals surface area contributed by atoms with Gasteiger partial charge >= 0.3 is 12.0 Å². The summed E-state index contributed by atoms with van der Waals surface area (Å²) >= 11 is 0. The number of carboxylic acid groups (broad SMARTS) is 1. The lowest BCUT2D eigenvalue weighted by Gasteiger charge is -2.27. The van der Waals surface area contributed by atoms with Crippen molar-refractivity contribution >= 4 is 12.0 Å². The molecule has 0 heterocycles. The minimum atomic E-state index is -1.03. The molecule has 1 aromatic carbocycles. The van der Waals surface area contributed by atoms with Crippen molar-refractivity contribution in [2.75, 3.05) is 6.54 Å². The Morgan fingerprint density at radius 2 is 1.80 bits per heavy atom. The van der Waals surface area contributed by atoms with Crippen LogP contribution in [0.4, 0.5) is 4.79 Å². The second-order valence-electron chi connectivity index (χ2n) is 5.77. The molecule has 0 bridgehead atoms. The van der Waals surface area contributed by atoms with Gasteiger partial charge in [-0.15, -0.1) is 0 Å². The summed E-state index contributed by atoms with van der Waals surface area (Å²) in [5.41, 5.74) is 0.584. The predicted octanol–water partition coefficient (Wildman–Crippen LogP) is 2.03. The van der Waals surface area contributed by atoms with E-state index in [1.807, 2.05) is 30.3 Å². The second kappa shape index (κ2) is 6.93. The van der Waals surface area contributed by atoms with E-state index in [2.05, 4.69) is 10.6 Å². The summed E-state index contributed by atoms with van der Waals surface area (Å²) in [5.74, 6) is -1.03. The Morgan fingerprint density at radius 3 is 2.30 bits per heavy atom. The molecule has 2 amide bonds. The van der Waals surface area contributed by atoms with E-state index in [9.17, 15) is 9.59 Å². The number of carboxylic acids is 1. The summed E-state index contributed by atoms with van der Waals surface area (Å²) in [7, 11) is 0. The lowest BCUT2D eigenvalue weighted by molar-refractivity contribution is -0.141. The van der Waals surface area contributed by atoms with Crippen LogP contribution < -0.4 is 10.6 Å². The van der Waals surface area contributed by atoms with E-state index < -0.39 is 23.5 Å². The number of aliphatic carboxylic acids is 1. The molecule has 3 N–H and O–H groups in total. The standard InChI is InChI=1S/C15H22N2O3/c1-15(2,3)12(13(18)19)17-14(20)16-10-9-11-7-5-4-6-8-11/h4-8,12H,9-10H2,1-3H3,(H,18,19)(H2,16,17,20)/t12-/m0/s1. The van der Waals surface area contributed by atoms with Gasteiger partial charge in [-0.1, -0.05) is 51.1 Å². The number of amides is 2. The summed E-state index contributed by atoms with van der Waals surface area (Å²) < 4.78 is 0. The molecular weight excluding hydrogens is 256 g/mol. The first-order valence-electron chi connectivity index (χ1n) is 6.62. The number of urea groups is 1. The number of hydrogen-bond acceptors (Lipinski definition) is 2. The minimum Gasteiger partial charge on any atom is -0.480 e. The van der Waals surface area contributed by atoms with Crippen molar-refractivity contribution in [1.82, 2.24) is 10.6 Å². The molecule has 110 valence electrons. The maximum absolute atomic E-state index is 11.7. The van der Waals surface area contributed by atoms with E-state index in [4.69, 9.17) is 5.11 Å². The molecule has 5 heteroatoms. The highest BCUT2D eigenvalue weighted by atomic mass is 16.4. The smallest absolute Gasteiger partial charge is 0.326 e. The van der Waals surface area contributed by atoms with Crippen LogP contribution in [0.2, 0.25) is 0 Å². The lowest BCUT2D eigenvalue weighted by atomic mass is 9.87. The third kappa shape index (κ3) is 5.30. The Morgan fingerprint density at radius 1 is 1.20 bits per heavy atom. The lowest BCUT2D eigenvalue weighted by Crippen LogP contribution is -2.52. The Kier molecular flexibility index (Phi) is 5.55. The molecule has 0 aliphatic heterocycles. The van der Waals surface area contributed by atoms with Crippen molar-refractivity contribution in [2.45, 2.75) is 33.2 Å². The van der Waals surface area contributed by atoms with Crippen LogP contribution in [0, 0.1) is 5.41 Å². The van der Waals surface area contributed by atoms with E-state index in [-0.39, 0.29) is 0 Å². The third-order valence-corrected chi connectivity index (χ3v) is 2.93. The van der Waals surface area contributed by atoms with Crippen molar-refractivity contribution in [3.8, 4) is 0 Å². The molecular formula is C15H22N2O3. The topological polar surface area (TPSA) is 78.4 Å². The molecule has 0 radical (unpaired) electrons. The minimum absolute atomic E-state index is 0.455. The molecule has 0 saturated heterocycles. The van der Waals surface area contributed by atoms with Gasteiger partial charge in [-0.3, -0.25) is 0 Å². The fourth-order valence-corrected chi connectivity index (χ4v) is 1.80. The number of hydrogen-bond donors (Lipinski definition) is 3. The molecule has 0 fully saturated rings. The van der Waals surface area contributed by atoms with Gasteiger partial charge in [0.1, 0.15) is 6.04 Å². The quantitative estimate of drug-likeness (QED) is 0.771. The Hall–Kier alpha value is -2.04. The molecule has 0 spiro atoms. The van der Waals surface area contributed by atoms with Crippen molar-refractivity contribution in [3.05, 3.63) is 35.9 Å². The van der Waals surface area contributed by atoms with E-state index in [1.54, 1.807) is 20.8 Å². The fourth-order valence-electron chi connectivity index (χ4n) is 1.80. The molecule has 0 aromatic heterocycles. The monoisotopic (exact) mass is 278 g/mol. The largest absolute Gasteiger partial charge is 0.480 e. The van der Waals surface area contributed by atoms with Crippen LogP contribution in [0.3, 0.4) is 0 Å². The van der Waals surface area contributed by atoms with Gasteiger partial charge in [0.25, 0.3) is 0 Å². The molecule has 1 rings (SSSR count). The number of carbonyl (C=O) groups is 2. The zero-order chi connectivity index (χ0) is 15.2. The highest BCUT2D eigenvalue weighted by molar-refractivity contribution is 5.83. The van der Waals surface area contributed by atoms with E-state index in [0.717, 1.165) is 5.56 Å². The Labute approximate surface area is 119 Å². The average Bonchev–Trinajstić information content (AvgIpc) is 2.35. The molecule has 0 unspecified atom stereocenters. The van der Waals surface area contributed by atoms with Crippen LogP contribution in [0.5, 0.6) is 0 Å². The van der Waals surface area contributed by atoms with E-state index in [1.165, 1.54) is 0 Å². The summed E-state index contributed by atoms with van der Waals surface area (Å²) in [6.07, 6.45) is 0.710. The third-order valence-electron chi connectivity index (χ3n) is 2.93. The average molecular weight is 278 g/mol. The zero-order valence-corrected chi connectivity index (χ0v) is 12.1. The molecule has 20 heavy (non-hydrogen) atoms.